The number of carbonyl (C=O) groups is 1. The van der Waals surface area contributed by atoms with Crippen LogP contribution in [0.4, 0.5) is 10.7 Å². The lowest BCUT2D eigenvalue weighted by Crippen LogP contribution is -2.43. The summed E-state index contributed by atoms with van der Waals surface area (Å²) >= 11 is 1.34. The minimum absolute atomic E-state index is 0.000868. The average molecular weight is 299 g/mol. The molecule has 1 aliphatic heterocycles. The monoisotopic (exact) mass is 299 g/mol. The van der Waals surface area contributed by atoms with Gasteiger partial charge in [-0.2, -0.15) is 0 Å². The summed E-state index contributed by atoms with van der Waals surface area (Å²) in [6.45, 7) is 7.44. The number of hydrogen-bond donors (Lipinski definition) is 2. The van der Waals surface area contributed by atoms with Crippen molar-refractivity contribution in [1.29, 1.82) is 0 Å². The van der Waals surface area contributed by atoms with Gasteiger partial charge in [-0.05, 0) is 13.8 Å². The Morgan fingerprint density at radius 3 is 2.60 bits per heavy atom. The van der Waals surface area contributed by atoms with E-state index in [1.807, 2.05) is 13.8 Å². The third kappa shape index (κ3) is 2.99. The Morgan fingerprint density at radius 1 is 1.40 bits per heavy atom. The van der Waals surface area contributed by atoms with Crippen molar-refractivity contribution in [1.82, 2.24) is 5.32 Å². The van der Waals surface area contributed by atoms with Gasteiger partial charge in [-0.25, -0.2) is 4.79 Å². The first-order valence-corrected chi connectivity index (χ1v) is 7.49. The van der Waals surface area contributed by atoms with E-state index in [1.165, 1.54) is 18.4 Å². The number of nitrogen functional groups attached to an aromatic ring is 1. The Balaban J connectivity index is 2.39. The van der Waals surface area contributed by atoms with Crippen molar-refractivity contribution in [2.45, 2.75) is 20.0 Å². The van der Waals surface area contributed by atoms with Gasteiger partial charge < -0.3 is 25.4 Å². The van der Waals surface area contributed by atoms with Crippen LogP contribution in [0.25, 0.3) is 0 Å². The SMILES string of the molecule is COC(=O)c1sc(N2CCNCC2)c(OC(C)C)c1N. The number of methoxy groups -OCH3 is 1. The van der Waals surface area contributed by atoms with Crippen LogP contribution in [0.15, 0.2) is 0 Å². The van der Waals surface area contributed by atoms with Crippen LogP contribution in [0.5, 0.6) is 5.75 Å². The lowest BCUT2D eigenvalue weighted by Gasteiger charge is -2.29. The Hall–Kier alpha value is -1.47. The van der Waals surface area contributed by atoms with Crippen LogP contribution in [0.3, 0.4) is 0 Å². The molecule has 1 aliphatic rings. The number of nitrogens with two attached hydrogens (primary N) is 1. The zero-order chi connectivity index (χ0) is 14.7. The molecule has 0 spiro atoms. The summed E-state index contributed by atoms with van der Waals surface area (Å²) in [5, 5.41) is 4.21. The number of anilines is 2. The minimum atomic E-state index is -0.414. The van der Waals surface area contributed by atoms with Crippen molar-refractivity contribution in [2.24, 2.45) is 0 Å². The van der Waals surface area contributed by atoms with E-state index in [0.29, 0.717) is 16.3 Å². The number of ether oxygens (including phenoxy) is 2. The number of esters is 1. The third-order valence-electron chi connectivity index (χ3n) is 3.01. The molecule has 20 heavy (non-hydrogen) atoms. The Bertz CT molecular complexity index is 481. The fourth-order valence-electron chi connectivity index (χ4n) is 2.09. The molecule has 1 aromatic heterocycles. The highest BCUT2D eigenvalue weighted by Gasteiger charge is 2.27. The van der Waals surface area contributed by atoms with E-state index in [2.05, 4.69) is 10.2 Å². The van der Waals surface area contributed by atoms with Crippen LogP contribution in [0.2, 0.25) is 0 Å². The van der Waals surface area contributed by atoms with Crippen LogP contribution < -0.4 is 20.7 Å². The number of carbonyl (C=O) groups excluding carboxylic acids is 1. The number of rotatable bonds is 4. The molecular formula is C13H21N3O3S. The smallest absolute Gasteiger partial charge is 0.350 e. The lowest BCUT2D eigenvalue weighted by atomic mass is 10.3. The summed E-state index contributed by atoms with van der Waals surface area (Å²) < 4.78 is 10.6. The number of nitrogens with one attached hydrogen (secondary N) is 1. The molecule has 0 atom stereocenters. The number of thiophene rings is 1. The number of nitrogens with zero attached hydrogens (tertiary/aromatic N) is 1. The van der Waals surface area contributed by atoms with E-state index in [1.54, 1.807) is 0 Å². The Kier molecular flexibility index (Phi) is 4.72. The molecule has 0 aliphatic carbocycles. The van der Waals surface area contributed by atoms with Crippen molar-refractivity contribution < 1.29 is 14.3 Å². The molecule has 0 bridgehead atoms. The van der Waals surface area contributed by atoms with Crippen LogP contribution in [0, 0.1) is 0 Å². The van der Waals surface area contributed by atoms with Gasteiger partial charge in [0.2, 0.25) is 0 Å². The lowest BCUT2D eigenvalue weighted by molar-refractivity contribution is 0.0607. The van der Waals surface area contributed by atoms with E-state index < -0.39 is 5.97 Å². The van der Waals surface area contributed by atoms with Crippen LogP contribution in [-0.4, -0.2) is 45.4 Å². The fourth-order valence-corrected chi connectivity index (χ4v) is 3.21. The van der Waals surface area contributed by atoms with Crippen LogP contribution >= 0.6 is 11.3 Å². The zero-order valence-corrected chi connectivity index (χ0v) is 12.9. The highest BCUT2D eigenvalue weighted by molar-refractivity contribution is 7.19. The molecule has 0 radical (unpaired) electrons. The van der Waals surface area contributed by atoms with E-state index in [0.717, 1.165) is 31.2 Å². The second kappa shape index (κ2) is 6.32. The standard InChI is InChI=1S/C13H21N3O3S/c1-8(2)19-10-9(14)11(13(17)18-3)20-12(10)16-6-4-15-5-7-16/h8,15H,4-7,14H2,1-3H3. The molecule has 3 N–H and O–H groups in total. The Morgan fingerprint density at radius 2 is 2.05 bits per heavy atom. The molecule has 1 saturated heterocycles. The molecule has 0 unspecified atom stereocenters. The van der Waals surface area contributed by atoms with Crippen molar-refractivity contribution >= 4 is 28.0 Å². The zero-order valence-electron chi connectivity index (χ0n) is 12.1. The van der Waals surface area contributed by atoms with Gasteiger partial charge >= 0.3 is 5.97 Å². The summed E-state index contributed by atoms with van der Waals surface area (Å²) in [4.78, 5) is 14.4. The second-order valence-electron chi connectivity index (χ2n) is 4.87. The second-order valence-corrected chi connectivity index (χ2v) is 5.87. The summed E-state index contributed by atoms with van der Waals surface area (Å²) in [5.41, 5.74) is 6.46. The highest BCUT2D eigenvalue weighted by atomic mass is 32.1. The van der Waals surface area contributed by atoms with E-state index >= 15 is 0 Å². The van der Waals surface area contributed by atoms with Gasteiger partial charge in [-0.15, -0.1) is 11.3 Å². The average Bonchev–Trinajstić information content (AvgIpc) is 2.76. The first-order chi connectivity index (χ1) is 9.54. The quantitative estimate of drug-likeness (QED) is 0.817. The summed E-state index contributed by atoms with van der Waals surface area (Å²) in [5.74, 6) is 0.190. The first-order valence-electron chi connectivity index (χ1n) is 6.67. The first kappa shape index (κ1) is 14.9. The van der Waals surface area contributed by atoms with Crippen molar-refractivity contribution in [3.8, 4) is 5.75 Å². The molecule has 0 saturated carbocycles. The molecule has 2 rings (SSSR count). The highest BCUT2D eigenvalue weighted by Crippen LogP contribution is 2.45. The molecule has 7 heteroatoms. The largest absolute Gasteiger partial charge is 0.486 e. The van der Waals surface area contributed by atoms with Crippen molar-refractivity contribution in [3.05, 3.63) is 4.88 Å². The van der Waals surface area contributed by atoms with Gasteiger partial charge in [0, 0.05) is 26.2 Å². The summed E-state index contributed by atoms with van der Waals surface area (Å²) in [6, 6.07) is 0. The maximum absolute atomic E-state index is 11.8. The van der Waals surface area contributed by atoms with Crippen molar-refractivity contribution in [3.63, 3.8) is 0 Å². The minimum Gasteiger partial charge on any atom is -0.486 e. The van der Waals surface area contributed by atoms with Crippen LogP contribution in [-0.2, 0) is 4.74 Å². The molecular weight excluding hydrogens is 278 g/mol. The fraction of sp³-hybridized carbons (Fsp3) is 0.615. The van der Waals surface area contributed by atoms with E-state index in [-0.39, 0.29) is 6.10 Å². The normalized spacial score (nSPS) is 15.5. The predicted molar refractivity (Wildman–Crippen MR) is 80.9 cm³/mol. The van der Waals surface area contributed by atoms with Gasteiger partial charge in [-0.1, -0.05) is 0 Å². The molecule has 2 heterocycles. The predicted octanol–water partition coefficient (Wildman–Crippen LogP) is 1.31. The van der Waals surface area contributed by atoms with E-state index in [4.69, 9.17) is 15.2 Å². The summed E-state index contributed by atoms with van der Waals surface area (Å²) in [6.07, 6.45) is -0.000868. The molecule has 6 nitrogen and oxygen atoms in total. The molecule has 1 fully saturated rings. The molecule has 0 aromatic carbocycles. The third-order valence-corrected chi connectivity index (χ3v) is 4.24. The van der Waals surface area contributed by atoms with E-state index in [9.17, 15) is 4.79 Å². The number of hydrogen-bond acceptors (Lipinski definition) is 7. The maximum atomic E-state index is 11.8. The van der Waals surface area contributed by atoms with Gasteiger partial charge in [0.05, 0.1) is 13.2 Å². The number of piperazine rings is 1. The molecule has 1 aromatic rings. The maximum Gasteiger partial charge on any atom is 0.350 e. The summed E-state index contributed by atoms with van der Waals surface area (Å²) in [7, 11) is 1.36. The van der Waals surface area contributed by atoms with Gasteiger partial charge in [-0.3, -0.25) is 0 Å². The van der Waals surface area contributed by atoms with Crippen LogP contribution in [0.1, 0.15) is 23.5 Å². The topological polar surface area (TPSA) is 76.8 Å². The van der Waals surface area contributed by atoms with Gasteiger partial charge in [0.1, 0.15) is 15.6 Å². The Labute approximate surface area is 122 Å². The molecule has 112 valence electrons. The van der Waals surface area contributed by atoms with Gasteiger partial charge in [0.25, 0.3) is 0 Å². The van der Waals surface area contributed by atoms with Gasteiger partial charge in [0.15, 0.2) is 5.75 Å². The van der Waals surface area contributed by atoms with Crippen molar-refractivity contribution in [2.75, 3.05) is 43.9 Å². The molecule has 0 amide bonds.